The molecule has 9 heteroatoms. The second kappa shape index (κ2) is 9.59. The topological polar surface area (TPSA) is 106 Å². The van der Waals surface area contributed by atoms with Crippen LogP contribution in [0.1, 0.15) is 11.4 Å². The second-order valence-corrected chi connectivity index (χ2v) is 7.20. The van der Waals surface area contributed by atoms with Gasteiger partial charge >= 0.3 is 0 Å². The zero-order valence-electron chi connectivity index (χ0n) is 17.2. The lowest BCUT2D eigenvalue weighted by atomic mass is 10.2. The number of para-hydroxylation sites is 1. The van der Waals surface area contributed by atoms with E-state index in [0.717, 1.165) is 5.56 Å². The normalized spacial score (nSPS) is 12.5. The molecule has 3 aromatic rings. The lowest BCUT2D eigenvalue weighted by Gasteiger charge is -2.21. The Morgan fingerprint density at radius 2 is 2.06 bits per heavy atom. The average Bonchev–Trinajstić information content (AvgIpc) is 3.24. The van der Waals surface area contributed by atoms with E-state index in [0.29, 0.717) is 54.5 Å². The summed E-state index contributed by atoms with van der Waals surface area (Å²) in [6, 6.07) is 12.7. The van der Waals surface area contributed by atoms with Crippen molar-refractivity contribution < 1.29 is 19.0 Å². The van der Waals surface area contributed by atoms with Gasteiger partial charge in [-0.3, -0.25) is 14.5 Å². The fourth-order valence-corrected chi connectivity index (χ4v) is 3.37. The van der Waals surface area contributed by atoms with Crippen LogP contribution in [-0.2, 0) is 22.6 Å². The first-order valence-corrected chi connectivity index (χ1v) is 9.97. The maximum atomic E-state index is 12.6. The van der Waals surface area contributed by atoms with Gasteiger partial charge in [0.2, 0.25) is 12.7 Å². The molecule has 2 aromatic carbocycles. The quantitative estimate of drug-likeness (QED) is 0.535. The van der Waals surface area contributed by atoms with Crippen LogP contribution in [0.4, 0.5) is 0 Å². The van der Waals surface area contributed by atoms with Crippen molar-refractivity contribution in [2.75, 3.05) is 33.6 Å². The van der Waals surface area contributed by atoms with Crippen molar-refractivity contribution in [3.8, 4) is 11.5 Å². The summed E-state index contributed by atoms with van der Waals surface area (Å²) in [6.45, 7) is 2.02. The summed E-state index contributed by atoms with van der Waals surface area (Å²) in [7, 11) is 1.61. The van der Waals surface area contributed by atoms with Crippen molar-refractivity contribution in [2.45, 2.75) is 13.1 Å². The SMILES string of the molecule is COCCN(CC(=O)NCc1ccc2c(c1)OCO2)Cc1nc2ccccc2c(=O)[nH]1. The molecule has 0 fully saturated rings. The van der Waals surface area contributed by atoms with Gasteiger partial charge in [-0.15, -0.1) is 0 Å². The molecule has 162 valence electrons. The minimum Gasteiger partial charge on any atom is -0.454 e. The summed E-state index contributed by atoms with van der Waals surface area (Å²) >= 11 is 0. The fourth-order valence-electron chi connectivity index (χ4n) is 3.37. The molecule has 9 nitrogen and oxygen atoms in total. The maximum Gasteiger partial charge on any atom is 0.258 e. The first-order chi connectivity index (χ1) is 15.1. The van der Waals surface area contributed by atoms with Gasteiger partial charge < -0.3 is 24.5 Å². The smallest absolute Gasteiger partial charge is 0.258 e. The number of H-pyrrole nitrogens is 1. The van der Waals surface area contributed by atoms with Gasteiger partial charge in [-0.2, -0.15) is 0 Å². The Kier molecular flexibility index (Phi) is 6.44. The summed E-state index contributed by atoms with van der Waals surface area (Å²) in [5.41, 5.74) is 1.35. The molecule has 0 saturated carbocycles. The maximum absolute atomic E-state index is 12.6. The monoisotopic (exact) mass is 424 g/mol. The first kappa shape index (κ1) is 20.8. The number of nitrogens with zero attached hydrogens (tertiary/aromatic N) is 2. The van der Waals surface area contributed by atoms with Gasteiger partial charge in [0.05, 0.1) is 30.6 Å². The van der Waals surface area contributed by atoms with Crippen LogP contribution in [0.5, 0.6) is 11.5 Å². The molecule has 2 N–H and O–H groups in total. The van der Waals surface area contributed by atoms with Crippen LogP contribution >= 0.6 is 0 Å². The second-order valence-electron chi connectivity index (χ2n) is 7.20. The Labute approximate surface area is 178 Å². The van der Waals surface area contributed by atoms with Crippen molar-refractivity contribution in [1.82, 2.24) is 20.2 Å². The Hall–Kier alpha value is -3.43. The number of hydrogen-bond donors (Lipinski definition) is 2. The Balaban J connectivity index is 1.39. The molecule has 0 spiro atoms. The van der Waals surface area contributed by atoms with Gasteiger partial charge in [0.15, 0.2) is 11.5 Å². The van der Waals surface area contributed by atoms with E-state index < -0.39 is 0 Å². The van der Waals surface area contributed by atoms with E-state index in [2.05, 4.69) is 15.3 Å². The number of rotatable bonds is 9. The number of nitrogens with one attached hydrogen (secondary N) is 2. The van der Waals surface area contributed by atoms with Crippen LogP contribution in [-0.4, -0.2) is 54.4 Å². The number of hydrogen-bond acceptors (Lipinski definition) is 7. The Morgan fingerprint density at radius 3 is 2.94 bits per heavy atom. The third-order valence-electron chi connectivity index (χ3n) is 4.94. The molecule has 0 radical (unpaired) electrons. The molecule has 1 aliphatic heterocycles. The largest absolute Gasteiger partial charge is 0.454 e. The summed E-state index contributed by atoms with van der Waals surface area (Å²) < 4.78 is 15.8. The predicted octanol–water partition coefficient (Wildman–Crippen LogP) is 1.42. The van der Waals surface area contributed by atoms with E-state index in [-0.39, 0.29) is 24.8 Å². The number of amides is 1. The van der Waals surface area contributed by atoms with Crippen LogP contribution < -0.4 is 20.3 Å². The van der Waals surface area contributed by atoms with E-state index in [1.807, 2.05) is 29.2 Å². The van der Waals surface area contributed by atoms with Gasteiger partial charge in [-0.05, 0) is 29.8 Å². The van der Waals surface area contributed by atoms with Gasteiger partial charge in [-0.25, -0.2) is 4.98 Å². The lowest BCUT2D eigenvalue weighted by molar-refractivity contribution is -0.122. The van der Waals surface area contributed by atoms with E-state index in [9.17, 15) is 9.59 Å². The number of carbonyl (C=O) groups excluding carboxylic acids is 1. The van der Waals surface area contributed by atoms with Crippen molar-refractivity contribution >= 4 is 16.8 Å². The third-order valence-corrected chi connectivity index (χ3v) is 4.94. The summed E-state index contributed by atoms with van der Waals surface area (Å²) in [5, 5.41) is 3.45. The standard InChI is InChI=1S/C22H24N4O5/c1-29-9-8-26(12-20-24-17-5-3-2-4-16(17)22(28)25-20)13-21(27)23-11-15-6-7-18-19(10-15)31-14-30-18/h2-7,10H,8-9,11-14H2,1H3,(H,23,27)(H,24,25,28). The number of ether oxygens (including phenoxy) is 3. The van der Waals surface area contributed by atoms with E-state index >= 15 is 0 Å². The zero-order valence-corrected chi connectivity index (χ0v) is 17.2. The molecule has 2 heterocycles. The van der Waals surface area contributed by atoms with Gasteiger partial charge in [0, 0.05) is 20.2 Å². The zero-order chi connectivity index (χ0) is 21.6. The molecule has 1 amide bonds. The molecule has 1 aliphatic rings. The Bertz CT molecular complexity index is 1130. The van der Waals surface area contributed by atoms with Crippen LogP contribution in [0.3, 0.4) is 0 Å². The predicted molar refractivity (Wildman–Crippen MR) is 114 cm³/mol. The highest BCUT2D eigenvalue weighted by molar-refractivity contribution is 5.78. The molecule has 0 atom stereocenters. The van der Waals surface area contributed by atoms with Crippen molar-refractivity contribution in [1.29, 1.82) is 0 Å². The molecule has 1 aromatic heterocycles. The molecular weight excluding hydrogens is 400 g/mol. The minimum absolute atomic E-state index is 0.142. The van der Waals surface area contributed by atoms with E-state index in [1.165, 1.54) is 0 Å². The minimum atomic E-state index is -0.195. The van der Waals surface area contributed by atoms with Crippen molar-refractivity contribution in [3.63, 3.8) is 0 Å². The molecule has 4 rings (SSSR count). The summed E-state index contributed by atoms with van der Waals surface area (Å²) in [5.74, 6) is 1.75. The molecular formula is C22H24N4O5. The molecule has 0 unspecified atom stereocenters. The Morgan fingerprint density at radius 1 is 1.23 bits per heavy atom. The number of aromatic amines is 1. The van der Waals surface area contributed by atoms with Crippen LogP contribution in [0.15, 0.2) is 47.3 Å². The number of carbonyl (C=O) groups is 1. The highest BCUT2D eigenvalue weighted by Gasteiger charge is 2.16. The van der Waals surface area contributed by atoms with Crippen molar-refractivity contribution in [2.24, 2.45) is 0 Å². The highest BCUT2D eigenvalue weighted by Crippen LogP contribution is 2.32. The number of benzene rings is 2. The molecule has 31 heavy (non-hydrogen) atoms. The summed E-state index contributed by atoms with van der Waals surface area (Å²) in [6.07, 6.45) is 0. The van der Waals surface area contributed by atoms with Crippen LogP contribution in [0.25, 0.3) is 10.9 Å². The molecule has 0 saturated heterocycles. The van der Waals surface area contributed by atoms with Crippen LogP contribution in [0, 0.1) is 0 Å². The first-order valence-electron chi connectivity index (χ1n) is 9.97. The number of aromatic nitrogens is 2. The van der Waals surface area contributed by atoms with Gasteiger partial charge in [0.1, 0.15) is 5.82 Å². The van der Waals surface area contributed by atoms with Gasteiger partial charge in [0.25, 0.3) is 5.56 Å². The highest BCUT2D eigenvalue weighted by atomic mass is 16.7. The molecule has 0 bridgehead atoms. The number of fused-ring (bicyclic) bond motifs is 2. The number of methoxy groups -OCH3 is 1. The third kappa shape index (κ3) is 5.19. The average molecular weight is 424 g/mol. The summed E-state index contributed by atoms with van der Waals surface area (Å²) in [4.78, 5) is 34.1. The molecule has 0 aliphatic carbocycles. The van der Waals surface area contributed by atoms with E-state index in [1.54, 1.807) is 25.3 Å². The lowest BCUT2D eigenvalue weighted by Crippen LogP contribution is -2.38. The van der Waals surface area contributed by atoms with E-state index in [4.69, 9.17) is 14.2 Å². The fraction of sp³-hybridized carbons (Fsp3) is 0.318. The van der Waals surface area contributed by atoms with Crippen molar-refractivity contribution in [3.05, 3.63) is 64.2 Å². The van der Waals surface area contributed by atoms with Gasteiger partial charge in [-0.1, -0.05) is 18.2 Å². The van der Waals surface area contributed by atoms with Crippen LogP contribution in [0.2, 0.25) is 0 Å².